The van der Waals surface area contributed by atoms with Crippen LogP contribution in [0.15, 0.2) is 46.1 Å². The number of hydrogen-bond acceptors (Lipinski definition) is 9. The van der Waals surface area contributed by atoms with E-state index in [1.807, 2.05) is 0 Å². The van der Waals surface area contributed by atoms with Crippen molar-refractivity contribution in [3.05, 3.63) is 63.2 Å². The number of benzene rings is 1. The van der Waals surface area contributed by atoms with E-state index in [-0.39, 0.29) is 12.4 Å². The molecule has 0 amide bonds. The molecular weight excluding hydrogens is 590 g/mol. The number of nitrogens with one attached hydrogen (secondary N) is 1. The predicted octanol–water partition coefficient (Wildman–Crippen LogP) is 2.75. The number of esters is 1. The van der Waals surface area contributed by atoms with Crippen molar-refractivity contribution in [3.8, 4) is 5.75 Å². The molecule has 36 heavy (non-hydrogen) atoms. The molecule has 3 rings (SSSR count). The van der Waals surface area contributed by atoms with Gasteiger partial charge in [0.2, 0.25) is 0 Å². The number of carbonyl (C=O) groups is 1. The van der Waals surface area contributed by atoms with Gasteiger partial charge in [-0.1, -0.05) is 40.5 Å². The molecule has 0 radical (unpaired) electrons. The fourth-order valence-corrected chi connectivity index (χ4v) is 6.18. The van der Waals surface area contributed by atoms with Crippen LogP contribution in [0.3, 0.4) is 0 Å². The highest BCUT2D eigenvalue weighted by atomic mass is 79.9. The Balaban J connectivity index is 1.82. The molecule has 0 saturated carbocycles. The van der Waals surface area contributed by atoms with E-state index < -0.39 is 71.5 Å². The minimum Gasteiger partial charge on any atom is -0.466 e. The molecule has 1 aromatic carbocycles. The zero-order valence-electron chi connectivity index (χ0n) is 19.1. The molecule has 15 heteroatoms. The Labute approximate surface area is 218 Å². The summed E-state index contributed by atoms with van der Waals surface area (Å²) in [4.78, 5) is 37.8. The maximum absolute atomic E-state index is 13.7. The van der Waals surface area contributed by atoms with Crippen molar-refractivity contribution < 1.29 is 37.4 Å². The van der Waals surface area contributed by atoms with Gasteiger partial charge in [-0.15, -0.1) is 0 Å². The number of alkyl halides is 2. The van der Waals surface area contributed by atoms with Gasteiger partial charge in [-0.05, 0) is 19.1 Å². The van der Waals surface area contributed by atoms with Gasteiger partial charge in [-0.3, -0.25) is 23.7 Å². The molecule has 1 unspecified atom stereocenters. The summed E-state index contributed by atoms with van der Waals surface area (Å²) in [6.45, 7) is 2.64. The Bertz CT molecular complexity index is 1260. The molecule has 11 nitrogen and oxygen atoms in total. The molecule has 2 aromatic rings. The Morgan fingerprint density at radius 1 is 1.42 bits per heavy atom. The van der Waals surface area contributed by atoms with Crippen molar-refractivity contribution in [2.75, 3.05) is 19.4 Å². The topological polar surface area (TPSA) is 146 Å². The molecule has 6 atom stereocenters. The van der Waals surface area contributed by atoms with Crippen LogP contribution >= 0.6 is 35.1 Å². The molecule has 1 fully saturated rings. The number of aromatic nitrogens is 2. The second kappa shape index (κ2) is 11.6. The first-order valence-electron chi connectivity index (χ1n) is 10.7. The van der Waals surface area contributed by atoms with Crippen molar-refractivity contribution in [2.45, 2.75) is 36.1 Å². The fourth-order valence-electron chi connectivity index (χ4n) is 3.40. The van der Waals surface area contributed by atoms with Crippen LogP contribution < -0.4 is 15.8 Å². The van der Waals surface area contributed by atoms with Crippen molar-refractivity contribution >= 4 is 41.1 Å². The van der Waals surface area contributed by atoms with Crippen molar-refractivity contribution in [1.29, 1.82) is 0 Å². The molecule has 0 bridgehead atoms. The van der Waals surface area contributed by atoms with E-state index in [1.54, 1.807) is 6.92 Å². The number of rotatable bonds is 10. The molecule has 1 aliphatic heterocycles. The van der Waals surface area contributed by atoms with Gasteiger partial charge in [0.25, 0.3) is 5.56 Å². The predicted molar refractivity (Wildman–Crippen MR) is 130 cm³/mol. The Hall–Kier alpha value is -2.02. The molecule has 0 aliphatic carbocycles. The lowest BCUT2D eigenvalue weighted by molar-refractivity contribution is -0.146. The van der Waals surface area contributed by atoms with Crippen molar-refractivity contribution in [2.24, 2.45) is 5.92 Å². The second-order valence-corrected chi connectivity index (χ2v) is 12.4. The van der Waals surface area contributed by atoms with Crippen molar-refractivity contribution in [1.82, 2.24) is 9.55 Å². The third kappa shape index (κ3) is 6.64. The smallest absolute Gasteiger partial charge is 0.380 e. The van der Waals surface area contributed by atoms with E-state index in [2.05, 4.69) is 20.9 Å². The first-order chi connectivity index (χ1) is 16.9. The summed E-state index contributed by atoms with van der Waals surface area (Å²) in [7, 11) is -4.16. The SMILES string of the molecule is CCOC(=O)[C@H](C)CP(=O)(OC[C@H]1O[C@@H](n2ccc(=O)[nH]c2=O)[C@](Cl)(Br)[C@@H]1O)Oc1cccc(F)c1. The highest BCUT2D eigenvalue weighted by Crippen LogP contribution is 2.52. The molecule has 1 saturated heterocycles. The maximum atomic E-state index is 13.7. The zero-order valence-corrected chi connectivity index (χ0v) is 22.4. The lowest BCUT2D eigenvalue weighted by atomic mass is 10.2. The number of hydrogen-bond donors (Lipinski definition) is 2. The average molecular weight is 614 g/mol. The zero-order chi connectivity index (χ0) is 26.7. The van der Waals surface area contributed by atoms with E-state index >= 15 is 0 Å². The van der Waals surface area contributed by atoms with Gasteiger partial charge in [0, 0.05) is 18.3 Å². The fraction of sp³-hybridized carbons (Fsp3) is 0.476. The molecule has 1 aliphatic rings. The highest BCUT2D eigenvalue weighted by molar-refractivity contribution is 9.10. The van der Waals surface area contributed by atoms with Gasteiger partial charge >= 0.3 is 19.3 Å². The summed E-state index contributed by atoms with van der Waals surface area (Å²) in [5.41, 5.74) is -1.48. The Morgan fingerprint density at radius 2 is 2.14 bits per heavy atom. The number of halogens is 3. The number of H-pyrrole nitrogens is 1. The van der Waals surface area contributed by atoms with Crippen LogP contribution in [0.4, 0.5) is 4.39 Å². The number of aromatic amines is 1. The summed E-state index contributed by atoms with van der Waals surface area (Å²) < 4.78 is 48.2. The third-order valence-corrected chi connectivity index (χ3v) is 8.44. The number of ether oxygens (including phenoxy) is 2. The van der Waals surface area contributed by atoms with Gasteiger partial charge in [-0.25, -0.2) is 13.8 Å². The maximum Gasteiger partial charge on any atom is 0.380 e. The second-order valence-electron chi connectivity index (χ2n) is 7.95. The summed E-state index contributed by atoms with van der Waals surface area (Å²) in [5, 5.41) is 10.7. The minimum atomic E-state index is -4.16. The normalized spacial score (nSPS) is 26.2. The van der Waals surface area contributed by atoms with Crippen LogP contribution in [0.2, 0.25) is 0 Å². The molecule has 2 heterocycles. The van der Waals surface area contributed by atoms with Crippen LogP contribution in [-0.4, -0.2) is 56.0 Å². The number of aliphatic hydroxyl groups excluding tert-OH is 1. The molecule has 2 N–H and O–H groups in total. The standard InChI is InChI=1S/C21H24BrClFN2O9P/c1-3-32-18(29)12(2)11-36(31,35-14-6-4-5-13(24)9-14)33-10-15-17(28)21(22,23)19(34-15)26-8-7-16(27)25-20(26)30/h4-9,12,15,17,19,28H,3,10-11H2,1-2H3,(H,25,27,30)/t12-,15-,17-,19-,21+,36?/m1/s1. The molecule has 0 spiro atoms. The van der Waals surface area contributed by atoms with Gasteiger partial charge in [0.15, 0.2) is 10.0 Å². The van der Waals surface area contributed by atoms with E-state index in [9.17, 15) is 28.4 Å². The average Bonchev–Trinajstić information content (AvgIpc) is 3.01. The van der Waals surface area contributed by atoms with Crippen molar-refractivity contribution in [3.63, 3.8) is 0 Å². The Morgan fingerprint density at radius 3 is 2.78 bits per heavy atom. The van der Waals surface area contributed by atoms with Crippen LogP contribution in [0.1, 0.15) is 20.1 Å². The summed E-state index contributed by atoms with van der Waals surface area (Å²) in [6.07, 6.45) is -3.30. The molecule has 198 valence electrons. The monoisotopic (exact) mass is 612 g/mol. The van der Waals surface area contributed by atoms with E-state index in [0.717, 1.165) is 29.0 Å². The summed E-state index contributed by atoms with van der Waals surface area (Å²) >= 11 is 9.56. The number of nitrogens with zero attached hydrogens (tertiary/aromatic N) is 1. The van der Waals surface area contributed by atoms with Crippen LogP contribution in [0.5, 0.6) is 5.75 Å². The number of carbonyl (C=O) groups excluding carboxylic acids is 1. The first kappa shape index (κ1) is 28.5. The van der Waals surface area contributed by atoms with Crippen LogP contribution in [0.25, 0.3) is 0 Å². The minimum absolute atomic E-state index is 0.105. The van der Waals surface area contributed by atoms with Crippen LogP contribution in [-0.2, 0) is 23.4 Å². The van der Waals surface area contributed by atoms with E-state index in [0.29, 0.717) is 0 Å². The van der Waals surface area contributed by atoms with E-state index in [4.69, 9.17) is 30.1 Å². The lowest BCUT2D eigenvalue weighted by Crippen LogP contribution is -2.40. The summed E-state index contributed by atoms with van der Waals surface area (Å²) in [6, 6.07) is 5.92. The Kier molecular flexibility index (Phi) is 9.18. The third-order valence-electron chi connectivity index (χ3n) is 5.15. The van der Waals surface area contributed by atoms with Crippen LogP contribution in [0, 0.1) is 11.7 Å². The summed E-state index contributed by atoms with van der Waals surface area (Å²) in [5.74, 6) is -2.30. The van der Waals surface area contributed by atoms with Gasteiger partial charge in [-0.2, -0.15) is 0 Å². The van der Waals surface area contributed by atoms with Gasteiger partial charge < -0.3 is 19.1 Å². The number of aliphatic hydroxyl groups is 1. The van der Waals surface area contributed by atoms with E-state index in [1.165, 1.54) is 19.1 Å². The molecule has 1 aromatic heterocycles. The van der Waals surface area contributed by atoms with Gasteiger partial charge in [0.1, 0.15) is 23.8 Å². The molecular formula is C21H24BrClFN2O9P. The largest absolute Gasteiger partial charge is 0.466 e. The lowest BCUT2D eigenvalue weighted by Gasteiger charge is -2.25. The van der Waals surface area contributed by atoms with Gasteiger partial charge in [0.05, 0.1) is 25.3 Å². The first-order valence-corrected chi connectivity index (χ1v) is 13.6. The quantitative estimate of drug-likeness (QED) is 0.235. The highest BCUT2D eigenvalue weighted by Gasteiger charge is 2.55.